The number of fused-ring (bicyclic) bond motifs is 1. The molecule has 1 amide bonds. The molecule has 0 aliphatic carbocycles. The maximum absolute atomic E-state index is 13.0. The topological polar surface area (TPSA) is 54.8 Å². The van der Waals surface area contributed by atoms with Crippen molar-refractivity contribution in [2.45, 2.75) is 19.4 Å². The van der Waals surface area contributed by atoms with Crippen molar-refractivity contribution in [3.05, 3.63) is 99.1 Å². The highest BCUT2D eigenvalue weighted by molar-refractivity contribution is 9.10. The van der Waals surface area contributed by atoms with E-state index in [0.717, 1.165) is 49.0 Å². The van der Waals surface area contributed by atoms with Gasteiger partial charge in [0.1, 0.15) is 6.61 Å². The molecular formula is C28H23BrClN3O2. The molecule has 0 saturated heterocycles. The van der Waals surface area contributed by atoms with E-state index in [9.17, 15) is 4.79 Å². The largest absolute Gasteiger partial charge is 0.375 e. The lowest BCUT2D eigenvalue weighted by Crippen LogP contribution is -2.30. The molecule has 1 aliphatic rings. The quantitative estimate of drug-likeness (QED) is 0.271. The number of hydrogen-bond donors (Lipinski definition) is 0. The zero-order chi connectivity index (χ0) is 24.5. The molecule has 5 rings (SSSR count). The van der Waals surface area contributed by atoms with E-state index in [1.54, 1.807) is 5.01 Å². The fraction of sp³-hybridized carbons (Fsp3) is 0.179. The molecule has 4 aromatic rings. The van der Waals surface area contributed by atoms with Crippen molar-refractivity contribution in [1.82, 2.24) is 9.99 Å². The molecule has 1 atom stereocenters. The van der Waals surface area contributed by atoms with Crippen LogP contribution in [0.3, 0.4) is 0 Å². The van der Waals surface area contributed by atoms with E-state index in [0.29, 0.717) is 11.4 Å². The highest BCUT2D eigenvalue weighted by Crippen LogP contribution is 2.40. The Morgan fingerprint density at radius 1 is 1.09 bits per heavy atom. The van der Waals surface area contributed by atoms with Crippen LogP contribution in [0.15, 0.2) is 82.4 Å². The molecule has 0 fully saturated rings. The summed E-state index contributed by atoms with van der Waals surface area (Å²) in [6.07, 6.45) is 0.556. The number of amides is 1. The fourth-order valence-electron chi connectivity index (χ4n) is 4.67. The summed E-state index contributed by atoms with van der Waals surface area (Å²) in [7, 11) is 1.52. The van der Waals surface area contributed by atoms with Crippen LogP contribution in [0, 0.1) is 6.92 Å². The molecule has 0 N–H and O–H groups in total. The van der Waals surface area contributed by atoms with Gasteiger partial charge in [-0.2, -0.15) is 5.10 Å². The molecular weight excluding hydrogens is 526 g/mol. The van der Waals surface area contributed by atoms with Gasteiger partial charge in [0, 0.05) is 45.2 Å². The van der Waals surface area contributed by atoms with Crippen LogP contribution in [0.5, 0.6) is 0 Å². The number of ether oxygens (including phenoxy) is 1. The molecule has 176 valence electrons. The van der Waals surface area contributed by atoms with E-state index in [1.165, 1.54) is 7.11 Å². The summed E-state index contributed by atoms with van der Waals surface area (Å²) in [5.74, 6) is -0.191. The van der Waals surface area contributed by atoms with Gasteiger partial charge in [-0.25, -0.2) is 5.01 Å². The normalized spacial score (nSPS) is 15.5. The summed E-state index contributed by atoms with van der Waals surface area (Å²) in [5.41, 5.74) is 6.52. The van der Waals surface area contributed by atoms with Crippen LogP contribution in [-0.2, 0) is 9.53 Å². The van der Waals surface area contributed by atoms with E-state index < -0.39 is 0 Å². The van der Waals surface area contributed by atoms with Gasteiger partial charge in [0.15, 0.2) is 0 Å². The first-order valence-corrected chi connectivity index (χ1v) is 12.4. The second-order valence-electron chi connectivity index (χ2n) is 8.47. The van der Waals surface area contributed by atoms with Crippen molar-refractivity contribution in [3.63, 3.8) is 0 Å². The number of rotatable bonds is 5. The van der Waals surface area contributed by atoms with Crippen LogP contribution >= 0.6 is 27.5 Å². The average molecular weight is 549 g/mol. The van der Waals surface area contributed by atoms with Gasteiger partial charge in [0.05, 0.1) is 17.3 Å². The number of pyridine rings is 1. The van der Waals surface area contributed by atoms with Crippen molar-refractivity contribution in [1.29, 1.82) is 0 Å². The van der Waals surface area contributed by atoms with E-state index in [2.05, 4.69) is 28.1 Å². The van der Waals surface area contributed by atoms with Gasteiger partial charge in [-0.15, -0.1) is 0 Å². The van der Waals surface area contributed by atoms with Crippen molar-refractivity contribution in [2.75, 3.05) is 13.7 Å². The van der Waals surface area contributed by atoms with Crippen LogP contribution in [0.25, 0.3) is 22.0 Å². The maximum Gasteiger partial charge on any atom is 0.269 e. The maximum atomic E-state index is 13.0. The van der Waals surface area contributed by atoms with Gasteiger partial charge in [-0.05, 0) is 48.4 Å². The molecule has 0 radical (unpaired) electrons. The Kier molecular flexibility index (Phi) is 6.69. The first-order valence-electron chi connectivity index (χ1n) is 11.3. The number of benzene rings is 3. The van der Waals surface area contributed by atoms with E-state index in [1.807, 2.05) is 67.6 Å². The smallest absolute Gasteiger partial charge is 0.269 e. The number of carbonyl (C=O) groups is 1. The van der Waals surface area contributed by atoms with Crippen LogP contribution < -0.4 is 0 Å². The molecule has 1 unspecified atom stereocenters. The standard InChI is InChI=1S/C28H23BrClN3O2/c1-17-27(28(18-7-4-3-5-8-18)22-14-21(30)11-12-23(22)31-17)24-15-25(19-9-6-10-20(29)13-19)33(32-24)26(34)16-35-2/h3-14,25H,15-16H2,1-2H3. The predicted octanol–water partition coefficient (Wildman–Crippen LogP) is 6.95. The molecule has 0 bridgehead atoms. The van der Waals surface area contributed by atoms with Gasteiger partial charge in [-0.1, -0.05) is 70.0 Å². The van der Waals surface area contributed by atoms with Crippen LogP contribution in [0.4, 0.5) is 0 Å². The highest BCUT2D eigenvalue weighted by atomic mass is 79.9. The molecule has 3 aromatic carbocycles. The number of carbonyl (C=O) groups excluding carboxylic acids is 1. The molecule has 0 spiro atoms. The summed E-state index contributed by atoms with van der Waals surface area (Å²) in [5, 5.41) is 8.02. The molecule has 1 aromatic heterocycles. The van der Waals surface area contributed by atoms with Gasteiger partial charge in [0.2, 0.25) is 0 Å². The summed E-state index contributed by atoms with van der Waals surface area (Å²) in [6, 6.07) is 23.7. The second-order valence-corrected chi connectivity index (χ2v) is 9.82. The molecule has 5 nitrogen and oxygen atoms in total. The summed E-state index contributed by atoms with van der Waals surface area (Å²) < 4.78 is 6.11. The van der Waals surface area contributed by atoms with E-state index in [-0.39, 0.29) is 18.6 Å². The Morgan fingerprint density at radius 2 is 1.89 bits per heavy atom. The Bertz CT molecular complexity index is 1460. The summed E-state index contributed by atoms with van der Waals surface area (Å²) in [6.45, 7) is 1.95. The average Bonchev–Trinajstić information content (AvgIpc) is 3.29. The Hall–Kier alpha value is -3.06. The molecule has 35 heavy (non-hydrogen) atoms. The minimum Gasteiger partial charge on any atom is -0.375 e. The second kappa shape index (κ2) is 9.90. The highest BCUT2D eigenvalue weighted by Gasteiger charge is 2.35. The minimum atomic E-state index is -0.247. The van der Waals surface area contributed by atoms with Gasteiger partial charge < -0.3 is 4.74 Å². The molecule has 7 heteroatoms. The van der Waals surface area contributed by atoms with Crippen LogP contribution in [0.1, 0.15) is 29.3 Å². The van der Waals surface area contributed by atoms with Crippen LogP contribution in [-0.4, -0.2) is 35.3 Å². The number of aromatic nitrogens is 1. The first-order chi connectivity index (χ1) is 17.0. The third kappa shape index (κ3) is 4.61. The number of methoxy groups -OCH3 is 1. The minimum absolute atomic E-state index is 0.0443. The first kappa shape index (κ1) is 23.7. The third-order valence-electron chi connectivity index (χ3n) is 6.15. The molecule has 0 saturated carbocycles. The van der Waals surface area contributed by atoms with Crippen molar-refractivity contribution in [3.8, 4) is 11.1 Å². The third-order valence-corrected chi connectivity index (χ3v) is 6.87. The van der Waals surface area contributed by atoms with Crippen molar-refractivity contribution < 1.29 is 9.53 Å². The lowest BCUT2D eigenvalue weighted by Gasteiger charge is -2.22. The number of aryl methyl sites for hydroxylation is 1. The lowest BCUT2D eigenvalue weighted by molar-refractivity contribution is -0.137. The monoisotopic (exact) mass is 547 g/mol. The van der Waals surface area contributed by atoms with E-state index >= 15 is 0 Å². The number of hydrazone groups is 1. The van der Waals surface area contributed by atoms with Gasteiger partial charge in [0.25, 0.3) is 5.91 Å². The number of nitrogens with zero attached hydrogens (tertiary/aromatic N) is 3. The molecule has 2 heterocycles. The van der Waals surface area contributed by atoms with Crippen molar-refractivity contribution in [2.24, 2.45) is 5.10 Å². The van der Waals surface area contributed by atoms with Gasteiger partial charge in [-0.3, -0.25) is 9.78 Å². The Balaban J connectivity index is 1.73. The Morgan fingerprint density at radius 3 is 2.63 bits per heavy atom. The lowest BCUT2D eigenvalue weighted by atomic mass is 9.89. The zero-order valence-electron chi connectivity index (χ0n) is 19.3. The van der Waals surface area contributed by atoms with Crippen LogP contribution in [0.2, 0.25) is 5.02 Å². The zero-order valence-corrected chi connectivity index (χ0v) is 21.7. The van der Waals surface area contributed by atoms with Gasteiger partial charge >= 0.3 is 0 Å². The summed E-state index contributed by atoms with van der Waals surface area (Å²) >= 11 is 9.97. The number of halogens is 2. The Labute approximate surface area is 217 Å². The SMILES string of the molecule is COCC(=O)N1N=C(c2c(C)nc3ccc(Cl)cc3c2-c2ccccc2)CC1c1cccc(Br)c1. The molecule has 1 aliphatic heterocycles. The predicted molar refractivity (Wildman–Crippen MR) is 144 cm³/mol. The summed E-state index contributed by atoms with van der Waals surface area (Å²) in [4.78, 5) is 17.9. The van der Waals surface area contributed by atoms with Crippen molar-refractivity contribution >= 4 is 50.1 Å². The van der Waals surface area contributed by atoms with E-state index in [4.69, 9.17) is 26.4 Å². The number of hydrogen-bond acceptors (Lipinski definition) is 4. The fourth-order valence-corrected chi connectivity index (χ4v) is 5.26.